The Balaban J connectivity index is 2.15. The maximum atomic E-state index is 10.9. The first-order valence-corrected chi connectivity index (χ1v) is 5.81. The highest BCUT2D eigenvalue weighted by atomic mass is 32.1. The minimum absolute atomic E-state index is 0.729. The third-order valence-electron chi connectivity index (χ3n) is 2.55. The molecule has 15 heavy (non-hydrogen) atoms. The summed E-state index contributed by atoms with van der Waals surface area (Å²) in [6.45, 7) is 3.28. The van der Waals surface area contributed by atoms with Gasteiger partial charge in [-0.2, -0.15) is 0 Å². The van der Waals surface area contributed by atoms with Crippen LogP contribution in [0.3, 0.4) is 0 Å². The Bertz CT molecular complexity index is 377. The molecule has 0 saturated carbocycles. The second-order valence-electron chi connectivity index (χ2n) is 4.30. The van der Waals surface area contributed by atoms with Crippen molar-refractivity contribution in [3.63, 3.8) is 0 Å². The molecule has 5 heteroatoms. The molecule has 1 heterocycles. The summed E-state index contributed by atoms with van der Waals surface area (Å²) in [5.74, 6) is -0.863. The third kappa shape index (κ3) is 1.97. The van der Waals surface area contributed by atoms with E-state index in [1.165, 1.54) is 11.3 Å². The van der Waals surface area contributed by atoms with Crippen LogP contribution in [0.15, 0.2) is 0 Å². The number of aliphatic carboxylic acids is 1. The van der Waals surface area contributed by atoms with E-state index in [1.54, 1.807) is 25.2 Å². The predicted octanol–water partition coefficient (Wildman–Crippen LogP) is 1.91. The number of fused-ring (bicyclic) bond motifs is 1. The highest BCUT2D eigenvalue weighted by molar-refractivity contribution is 7.15. The summed E-state index contributed by atoms with van der Waals surface area (Å²) in [6.07, 6.45) is 3.29. The topological polar surface area (TPSA) is 62.2 Å². The van der Waals surface area contributed by atoms with Gasteiger partial charge in [0.2, 0.25) is 0 Å². The van der Waals surface area contributed by atoms with Gasteiger partial charge < -0.3 is 10.4 Å². The Hall–Kier alpha value is -1.10. The molecule has 0 atom stereocenters. The number of nitrogens with one attached hydrogen (secondary N) is 1. The minimum atomic E-state index is -0.953. The average molecular weight is 226 g/mol. The fourth-order valence-electron chi connectivity index (χ4n) is 1.56. The molecule has 0 spiro atoms. The molecule has 1 aliphatic rings. The maximum Gasteiger partial charge on any atom is 0.328 e. The average Bonchev–Trinajstić information content (AvgIpc) is 2.62. The summed E-state index contributed by atoms with van der Waals surface area (Å²) in [5.41, 5.74) is 0.190. The highest BCUT2D eigenvalue weighted by Crippen LogP contribution is 2.31. The van der Waals surface area contributed by atoms with E-state index in [1.807, 2.05) is 0 Å². The van der Waals surface area contributed by atoms with Crippen LogP contribution in [-0.4, -0.2) is 21.6 Å². The summed E-state index contributed by atoms with van der Waals surface area (Å²) in [6, 6.07) is 0. The Morgan fingerprint density at radius 3 is 2.87 bits per heavy atom. The molecule has 1 aromatic rings. The van der Waals surface area contributed by atoms with Gasteiger partial charge in [-0.25, -0.2) is 9.78 Å². The van der Waals surface area contributed by atoms with Gasteiger partial charge in [-0.3, -0.25) is 0 Å². The molecule has 0 saturated heterocycles. The predicted molar refractivity (Wildman–Crippen MR) is 59.5 cm³/mol. The van der Waals surface area contributed by atoms with Crippen LogP contribution >= 0.6 is 11.3 Å². The fourth-order valence-corrected chi connectivity index (χ4v) is 2.77. The molecule has 0 amide bonds. The second-order valence-corrected chi connectivity index (χ2v) is 5.38. The number of nitrogens with zero attached hydrogens (tertiary/aromatic N) is 1. The number of anilines is 1. The molecule has 0 fully saturated rings. The summed E-state index contributed by atoms with van der Waals surface area (Å²) < 4.78 is 0. The molecular formula is C10H14N2O2S. The molecular weight excluding hydrogens is 212 g/mol. The van der Waals surface area contributed by atoms with Crippen LogP contribution in [0.1, 0.15) is 30.8 Å². The number of carboxylic acid groups (broad SMARTS) is 1. The zero-order valence-electron chi connectivity index (χ0n) is 8.83. The van der Waals surface area contributed by atoms with Gasteiger partial charge in [-0.1, -0.05) is 0 Å². The van der Waals surface area contributed by atoms with Crippen LogP contribution in [0.2, 0.25) is 0 Å². The zero-order valence-corrected chi connectivity index (χ0v) is 9.65. The lowest BCUT2D eigenvalue weighted by Crippen LogP contribution is -2.39. The Morgan fingerprint density at radius 2 is 2.27 bits per heavy atom. The second kappa shape index (κ2) is 3.48. The van der Waals surface area contributed by atoms with Crippen LogP contribution in [0, 0.1) is 0 Å². The van der Waals surface area contributed by atoms with Gasteiger partial charge in [0.15, 0.2) is 5.13 Å². The van der Waals surface area contributed by atoms with Gasteiger partial charge in [-0.15, -0.1) is 11.3 Å². The van der Waals surface area contributed by atoms with E-state index in [4.69, 9.17) is 5.11 Å². The van der Waals surface area contributed by atoms with E-state index in [-0.39, 0.29) is 0 Å². The van der Waals surface area contributed by atoms with Crippen molar-refractivity contribution in [2.45, 2.75) is 38.6 Å². The van der Waals surface area contributed by atoms with Crippen molar-refractivity contribution < 1.29 is 9.90 Å². The first-order chi connectivity index (χ1) is 6.99. The molecule has 1 aromatic heterocycles. The van der Waals surface area contributed by atoms with E-state index >= 15 is 0 Å². The molecule has 4 nitrogen and oxygen atoms in total. The summed E-state index contributed by atoms with van der Waals surface area (Å²) in [7, 11) is 0. The van der Waals surface area contributed by atoms with Gasteiger partial charge in [0, 0.05) is 4.88 Å². The van der Waals surface area contributed by atoms with Crippen molar-refractivity contribution in [2.24, 2.45) is 0 Å². The fraction of sp³-hybridized carbons (Fsp3) is 0.600. The van der Waals surface area contributed by atoms with Gasteiger partial charge in [0.05, 0.1) is 5.69 Å². The molecule has 0 radical (unpaired) electrons. The Kier molecular flexibility index (Phi) is 2.42. The van der Waals surface area contributed by atoms with Crippen LogP contribution in [0.4, 0.5) is 5.13 Å². The van der Waals surface area contributed by atoms with E-state index in [9.17, 15) is 4.79 Å². The highest BCUT2D eigenvalue weighted by Gasteiger charge is 2.28. The molecule has 2 rings (SSSR count). The number of thiazole rings is 1. The largest absolute Gasteiger partial charge is 0.480 e. The van der Waals surface area contributed by atoms with E-state index < -0.39 is 11.5 Å². The van der Waals surface area contributed by atoms with Crippen LogP contribution < -0.4 is 5.32 Å². The number of carbonyl (C=O) groups is 1. The number of aryl methyl sites for hydroxylation is 2. The molecule has 1 aliphatic carbocycles. The van der Waals surface area contributed by atoms with Gasteiger partial charge in [0.1, 0.15) is 5.54 Å². The van der Waals surface area contributed by atoms with Crippen molar-refractivity contribution in [1.82, 2.24) is 4.98 Å². The first kappa shape index (κ1) is 10.4. The van der Waals surface area contributed by atoms with Crippen molar-refractivity contribution in [2.75, 3.05) is 5.32 Å². The molecule has 82 valence electrons. The van der Waals surface area contributed by atoms with E-state index in [0.29, 0.717) is 0 Å². The molecule has 0 aromatic carbocycles. The van der Waals surface area contributed by atoms with Crippen LogP contribution in [0.25, 0.3) is 0 Å². The molecule has 2 N–H and O–H groups in total. The lowest BCUT2D eigenvalue weighted by Gasteiger charge is -2.20. The number of hydrogen-bond acceptors (Lipinski definition) is 4. The summed E-state index contributed by atoms with van der Waals surface area (Å²) in [4.78, 5) is 16.6. The zero-order chi connectivity index (χ0) is 11.1. The lowest BCUT2D eigenvalue weighted by molar-refractivity contribution is -0.141. The van der Waals surface area contributed by atoms with E-state index in [2.05, 4.69) is 10.3 Å². The maximum absolute atomic E-state index is 10.9. The molecule has 0 bridgehead atoms. The van der Waals surface area contributed by atoms with Gasteiger partial charge in [0.25, 0.3) is 0 Å². The number of carboxylic acids is 1. The Labute approximate surface area is 92.3 Å². The smallest absolute Gasteiger partial charge is 0.328 e. The van der Waals surface area contributed by atoms with Crippen LogP contribution in [-0.2, 0) is 17.6 Å². The normalized spacial score (nSPS) is 15.1. The number of hydrogen-bond donors (Lipinski definition) is 2. The summed E-state index contributed by atoms with van der Waals surface area (Å²) >= 11 is 1.58. The molecule has 0 unspecified atom stereocenters. The number of aromatic nitrogens is 1. The summed E-state index contributed by atoms with van der Waals surface area (Å²) in [5, 5.41) is 12.6. The van der Waals surface area contributed by atoms with Crippen LogP contribution in [0.5, 0.6) is 0 Å². The standard InChI is InChI=1S/C10H14N2O2S/c1-10(2,8(13)14)12-9-11-6-4-3-5-7(6)15-9/h3-5H2,1-2H3,(H,11,12)(H,13,14). The van der Waals surface area contributed by atoms with Crippen molar-refractivity contribution in [1.29, 1.82) is 0 Å². The minimum Gasteiger partial charge on any atom is -0.480 e. The van der Waals surface area contributed by atoms with Crippen molar-refractivity contribution in [3.8, 4) is 0 Å². The number of rotatable bonds is 3. The van der Waals surface area contributed by atoms with E-state index in [0.717, 1.165) is 23.7 Å². The van der Waals surface area contributed by atoms with Gasteiger partial charge in [-0.05, 0) is 33.1 Å². The monoisotopic (exact) mass is 226 g/mol. The lowest BCUT2D eigenvalue weighted by atomic mass is 10.1. The third-order valence-corrected chi connectivity index (χ3v) is 3.62. The van der Waals surface area contributed by atoms with Gasteiger partial charge >= 0.3 is 5.97 Å². The first-order valence-electron chi connectivity index (χ1n) is 4.99. The quantitative estimate of drug-likeness (QED) is 0.826. The van der Waals surface area contributed by atoms with Crippen molar-refractivity contribution >= 4 is 22.4 Å². The Morgan fingerprint density at radius 1 is 1.53 bits per heavy atom. The molecule has 0 aliphatic heterocycles. The SMILES string of the molecule is CC(C)(Nc1nc2c(s1)CCC2)C(=O)O. The van der Waals surface area contributed by atoms with Crippen molar-refractivity contribution in [3.05, 3.63) is 10.6 Å².